The van der Waals surface area contributed by atoms with Crippen molar-refractivity contribution in [1.82, 2.24) is 19.9 Å². The molecule has 0 spiro atoms. The highest BCUT2D eigenvalue weighted by atomic mass is 32.1. The lowest BCUT2D eigenvalue weighted by molar-refractivity contribution is 0.187. The third-order valence-corrected chi connectivity index (χ3v) is 2.45. The van der Waals surface area contributed by atoms with Gasteiger partial charge < -0.3 is 9.26 Å². The highest BCUT2D eigenvalue weighted by Crippen LogP contribution is 2.16. The SMILES string of the molecule is COCCn1c(-c2cc(C)on2)n[nH]c1=S. The molecule has 2 aromatic heterocycles. The monoisotopic (exact) mass is 240 g/mol. The van der Waals surface area contributed by atoms with Crippen molar-refractivity contribution in [2.75, 3.05) is 13.7 Å². The predicted octanol–water partition coefficient (Wildman–Crippen LogP) is 1.55. The van der Waals surface area contributed by atoms with Crippen LogP contribution in [0.15, 0.2) is 10.6 Å². The lowest BCUT2D eigenvalue weighted by Gasteiger charge is -2.02. The molecule has 0 saturated carbocycles. The van der Waals surface area contributed by atoms with Gasteiger partial charge in [-0.3, -0.25) is 9.67 Å². The van der Waals surface area contributed by atoms with Crippen molar-refractivity contribution in [2.45, 2.75) is 13.5 Å². The number of aryl methyl sites for hydroxylation is 1. The Morgan fingerprint density at radius 3 is 3.06 bits per heavy atom. The van der Waals surface area contributed by atoms with Crippen LogP contribution < -0.4 is 0 Å². The molecule has 0 atom stereocenters. The van der Waals surface area contributed by atoms with Gasteiger partial charge in [-0.05, 0) is 19.1 Å². The molecule has 2 rings (SSSR count). The largest absolute Gasteiger partial charge is 0.383 e. The average Bonchev–Trinajstić information content (AvgIpc) is 2.82. The lowest BCUT2D eigenvalue weighted by atomic mass is 10.3. The number of aromatic amines is 1. The van der Waals surface area contributed by atoms with Crippen LogP contribution >= 0.6 is 12.2 Å². The van der Waals surface area contributed by atoms with Gasteiger partial charge in [-0.15, -0.1) is 0 Å². The molecule has 0 aromatic carbocycles. The second kappa shape index (κ2) is 4.58. The summed E-state index contributed by atoms with van der Waals surface area (Å²) in [6.45, 7) is 3.03. The number of methoxy groups -OCH3 is 1. The summed E-state index contributed by atoms with van der Waals surface area (Å²) < 4.78 is 12.4. The molecule has 0 radical (unpaired) electrons. The third kappa shape index (κ3) is 2.05. The molecule has 0 aliphatic carbocycles. The first-order chi connectivity index (χ1) is 7.72. The molecule has 2 heterocycles. The normalized spacial score (nSPS) is 10.9. The summed E-state index contributed by atoms with van der Waals surface area (Å²) in [7, 11) is 1.64. The van der Waals surface area contributed by atoms with Gasteiger partial charge in [0.15, 0.2) is 16.3 Å². The van der Waals surface area contributed by atoms with Crippen LogP contribution in [-0.2, 0) is 11.3 Å². The van der Waals surface area contributed by atoms with Crippen molar-refractivity contribution in [3.63, 3.8) is 0 Å². The van der Waals surface area contributed by atoms with Crippen LogP contribution in [0.1, 0.15) is 5.76 Å². The van der Waals surface area contributed by atoms with E-state index in [1.165, 1.54) is 0 Å². The van der Waals surface area contributed by atoms with Gasteiger partial charge in [-0.2, -0.15) is 5.10 Å². The summed E-state index contributed by atoms with van der Waals surface area (Å²) in [5.74, 6) is 1.40. The molecule has 0 fully saturated rings. The maximum absolute atomic E-state index is 5.12. The maximum atomic E-state index is 5.12. The molecule has 2 aromatic rings. The zero-order valence-electron chi connectivity index (χ0n) is 9.06. The topological polar surface area (TPSA) is 68.9 Å². The van der Waals surface area contributed by atoms with E-state index in [1.807, 2.05) is 17.6 Å². The Morgan fingerprint density at radius 2 is 2.44 bits per heavy atom. The second-order valence-electron chi connectivity index (χ2n) is 3.32. The first-order valence-corrected chi connectivity index (χ1v) is 5.21. The van der Waals surface area contributed by atoms with E-state index in [0.717, 1.165) is 5.76 Å². The summed E-state index contributed by atoms with van der Waals surface area (Å²) in [6.07, 6.45) is 0. The maximum Gasteiger partial charge on any atom is 0.195 e. The highest BCUT2D eigenvalue weighted by Gasteiger charge is 2.12. The number of hydrogen-bond donors (Lipinski definition) is 1. The molecule has 86 valence electrons. The van der Waals surface area contributed by atoms with Crippen LogP contribution in [0.4, 0.5) is 0 Å². The first kappa shape index (κ1) is 11.0. The second-order valence-corrected chi connectivity index (χ2v) is 3.71. The molecule has 6 nitrogen and oxygen atoms in total. The molecule has 0 unspecified atom stereocenters. The van der Waals surface area contributed by atoms with E-state index in [-0.39, 0.29) is 0 Å². The minimum atomic E-state index is 0.549. The van der Waals surface area contributed by atoms with Gasteiger partial charge in [0.25, 0.3) is 0 Å². The number of aromatic nitrogens is 4. The van der Waals surface area contributed by atoms with Gasteiger partial charge in [0.2, 0.25) is 0 Å². The van der Waals surface area contributed by atoms with Crippen molar-refractivity contribution < 1.29 is 9.26 Å². The summed E-state index contributed by atoms with van der Waals surface area (Å²) >= 11 is 5.12. The van der Waals surface area contributed by atoms with E-state index < -0.39 is 0 Å². The van der Waals surface area contributed by atoms with Crippen molar-refractivity contribution in [1.29, 1.82) is 0 Å². The molecule has 0 aliphatic heterocycles. The fourth-order valence-electron chi connectivity index (χ4n) is 1.38. The summed E-state index contributed by atoms with van der Waals surface area (Å²) in [5.41, 5.74) is 0.668. The van der Waals surface area contributed by atoms with E-state index in [9.17, 15) is 0 Å². The van der Waals surface area contributed by atoms with Gasteiger partial charge in [0, 0.05) is 13.2 Å². The van der Waals surface area contributed by atoms with E-state index in [1.54, 1.807) is 7.11 Å². The molecule has 16 heavy (non-hydrogen) atoms. The van der Waals surface area contributed by atoms with Gasteiger partial charge in [0.1, 0.15) is 5.76 Å². The van der Waals surface area contributed by atoms with E-state index in [2.05, 4.69) is 15.4 Å². The number of ether oxygens (including phenoxy) is 1. The predicted molar refractivity (Wildman–Crippen MR) is 59.5 cm³/mol. The van der Waals surface area contributed by atoms with Crippen LogP contribution in [0.2, 0.25) is 0 Å². The molecule has 0 aliphatic rings. The van der Waals surface area contributed by atoms with Gasteiger partial charge in [0.05, 0.1) is 13.2 Å². The Kier molecular flexibility index (Phi) is 3.16. The smallest absolute Gasteiger partial charge is 0.195 e. The molecular formula is C9H12N4O2S. The Labute approximate surface area is 97.2 Å². The van der Waals surface area contributed by atoms with Crippen molar-refractivity contribution in [3.8, 4) is 11.5 Å². The molecule has 0 bridgehead atoms. The highest BCUT2D eigenvalue weighted by molar-refractivity contribution is 7.71. The van der Waals surface area contributed by atoms with Crippen molar-refractivity contribution >= 4 is 12.2 Å². The van der Waals surface area contributed by atoms with Crippen LogP contribution in [0.25, 0.3) is 11.5 Å². The first-order valence-electron chi connectivity index (χ1n) is 4.80. The van der Waals surface area contributed by atoms with Crippen LogP contribution in [0, 0.1) is 11.7 Å². The van der Waals surface area contributed by atoms with Gasteiger partial charge in [-0.1, -0.05) is 5.16 Å². The quantitative estimate of drug-likeness (QED) is 0.821. The molecule has 7 heteroatoms. The fourth-order valence-corrected chi connectivity index (χ4v) is 1.60. The number of nitrogens with zero attached hydrogens (tertiary/aromatic N) is 3. The average molecular weight is 240 g/mol. The molecular weight excluding hydrogens is 228 g/mol. The van der Waals surface area contributed by atoms with Crippen molar-refractivity contribution in [3.05, 3.63) is 16.6 Å². The summed E-state index contributed by atoms with van der Waals surface area (Å²) in [5, 5.41) is 10.8. The number of rotatable bonds is 4. The minimum Gasteiger partial charge on any atom is -0.383 e. The zero-order valence-corrected chi connectivity index (χ0v) is 9.87. The Hall–Kier alpha value is -1.47. The van der Waals surface area contributed by atoms with Crippen LogP contribution in [0.3, 0.4) is 0 Å². The molecule has 0 amide bonds. The third-order valence-electron chi connectivity index (χ3n) is 2.13. The lowest BCUT2D eigenvalue weighted by Crippen LogP contribution is -2.06. The molecule has 0 saturated heterocycles. The van der Waals surface area contributed by atoms with Crippen molar-refractivity contribution in [2.24, 2.45) is 0 Å². The van der Waals surface area contributed by atoms with E-state index in [0.29, 0.717) is 29.4 Å². The summed E-state index contributed by atoms with van der Waals surface area (Å²) in [6, 6.07) is 1.81. The van der Waals surface area contributed by atoms with Crippen LogP contribution in [0.5, 0.6) is 0 Å². The number of nitrogens with one attached hydrogen (secondary N) is 1. The van der Waals surface area contributed by atoms with E-state index >= 15 is 0 Å². The Bertz CT molecular complexity index is 528. The fraction of sp³-hybridized carbons (Fsp3) is 0.444. The Morgan fingerprint density at radius 1 is 1.62 bits per heavy atom. The number of H-pyrrole nitrogens is 1. The van der Waals surface area contributed by atoms with Gasteiger partial charge >= 0.3 is 0 Å². The zero-order chi connectivity index (χ0) is 11.5. The summed E-state index contributed by atoms with van der Waals surface area (Å²) in [4.78, 5) is 0. The Balaban J connectivity index is 2.37. The van der Waals surface area contributed by atoms with E-state index in [4.69, 9.17) is 21.5 Å². The molecule has 1 N–H and O–H groups in total. The minimum absolute atomic E-state index is 0.549. The number of hydrogen-bond acceptors (Lipinski definition) is 5. The standard InChI is InChI=1S/C9H12N4O2S/c1-6-5-7(12-15-6)8-10-11-9(16)13(8)3-4-14-2/h5H,3-4H2,1-2H3,(H,11,16). The van der Waals surface area contributed by atoms with Crippen LogP contribution in [-0.4, -0.2) is 33.6 Å². The van der Waals surface area contributed by atoms with Gasteiger partial charge in [-0.25, -0.2) is 0 Å².